The molecule has 0 fully saturated rings. The molecule has 0 saturated carbocycles. The van der Waals surface area contributed by atoms with E-state index in [0.29, 0.717) is 23.5 Å². The molecule has 0 spiro atoms. The van der Waals surface area contributed by atoms with E-state index in [-0.39, 0.29) is 5.70 Å². The summed E-state index contributed by atoms with van der Waals surface area (Å²) in [6, 6.07) is 23.2. The Morgan fingerprint density at radius 1 is 0.931 bits per heavy atom. The summed E-state index contributed by atoms with van der Waals surface area (Å²) in [6.07, 6.45) is 1.39. The largest absolute Gasteiger partial charge is 0.488 e. The van der Waals surface area contributed by atoms with E-state index in [2.05, 4.69) is 21.2 Å². The van der Waals surface area contributed by atoms with Crippen LogP contribution in [-0.4, -0.2) is 17.0 Å². The fraction of sp³-hybridized carbons (Fsp3) is 0.0435. The monoisotopic (exact) mass is 451 g/mol. The number of benzene rings is 3. The summed E-state index contributed by atoms with van der Waals surface area (Å²) in [7, 11) is 0. The fourth-order valence-corrected chi connectivity index (χ4v) is 2.83. The van der Waals surface area contributed by atoms with Crippen molar-refractivity contribution in [2.24, 2.45) is 0 Å². The number of carboxylic acids is 1. The maximum atomic E-state index is 12.3. The first-order valence-corrected chi connectivity index (χ1v) is 9.60. The van der Waals surface area contributed by atoms with E-state index in [0.717, 1.165) is 10.0 Å². The Morgan fingerprint density at radius 3 is 2.28 bits per heavy atom. The quantitative estimate of drug-likeness (QED) is 0.501. The average Bonchev–Trinajstić information content (AvgIpc) is 2.74. The standard InChI is InChI=1S/C23H18BrNO4/c24-19-12-10-16(11-13-19)15-29-21-9-5-4-8-18(21)14-20(23(27)28)25-22(26)17-6-2-1-3-7-17/h1-14H,15H2,(H,25,26)(H,27,28). The van der Waals surface area contributed by atoms with Gasteiger partial charge in [0, 0.05) is 15.6 Å². The van der Waals surface area contributed by atoms with Crippen molar-refractivity contribution in [3.8, 4) is 5.75 Å². The van der Waals surface area contributed by atoms with E-state index in [1.807, 2.05) is 24.3 Å². The molecule has 0 saturated heterocycles. The minimum absolute atomic E-state index is 0.237. The Morgan fingerprint density at radius 2 is 1.59 bits per heavy atom. The van der Waals surface area contributed by atoms with Crippen LogP contribution in [0.15, 0.2) is 89.0 Å². The minimum atomic E-state index is -1.24. The van der Waals surface area contributed by atoms with Crippen LogP contribution in [0.1, 0.15) is 21.5 Å². The highest BCUT2D eigenvalue weighted by atomic mass is 79.9. The van der Waals surface area contributed by atoms with Crippen molar-refractivity contribution in [2.75, 3.05) is 0 Å². The minimum Gasteiger partial charge on any atom is -0.488 e. The maximum absolute atomic E-state index is 12.3. The third-order valence-electron chi connectivity index (χ3n) is 4.04. The topological polar surface area (TPSA) is 75.6 Å². The molecule has 0 aliphatic heterocycles. The molecule has 146 valence electrons. The van der Waals surface area contributed by atoms with Crippen molar-refractivity contribution < 1.29 is 19.4 Å². The molecule has 3 aromatic carbocycles. The van der Waals surface area contributed by atoms with Crippen LogP contribution in [0, 0.1) is 0 Å². The maximum Gasteiger partial charge on any atom is 0.352 e. The lowest BCUT2D eigenvalue weighted by atomic mass is 10.1. The number of carboxylic acid groups (broad SMARTS) is 1. The number of carbonyl (C=O) groups excluding carboxylic acids is 1. The Hall–Kier alpha value is -3.38. The zero-order valence-electron chi connectivity index (χ0n) is 15.3. The summed E-state index contributed by atoms with van der Waals surface area (Å²) in [4.78, 5) is 24.0. The third kappa shape index (κ3) is 5.80. The van der Waals surface area contributed by atoms with Crippen molar-refractivity contribution >= 4 is 33.9 Å². The number of ether oxygens (including phenoxy) is 1. The number of hydrogen-bond acceptors (Lipinski definition) is 3. The van der Waals surface area contributed by atoms with Gasteiger partial charge in [-0.3, -0.25) is 4.79 Å². The van der Waals surface area contributed by atoms with Crippen LogP contribution in [-0.2, 0) is 11.4 Å². The first kappa shape index (κ1) is 20.4. The van der Waals surface area contributed by atoms with Gasteiger partial charge in [-0.15, -0.1) is 0 Å². The number of halogens is 1. The summed E-state index contributed by atoms with van der Waals surface area (Å²) < 4.78 is 6.84. The molecule has 0 heterocycles. The second kappa shape index (κ2) is 9.71. The van der Waals surface area contributed by atoms with Gasteiger partial charge in [-0.05, 0) is 42.0 Å². The predicted molar refractivity (Wildman–Crippen MR) is 114 cm³/mol. The predicted octanol–water partition coefficient (Wildman–Crippen LogP) is 4.88. The van der Waals surface area contributed by atoms with Gasteiger partial charge in [-0.2, -0.15) is 0 Å². The van der Waals surface area contributed by atoms with Gasteiger partial charge in [-0.1, -0.05) is 64.5 Å². The Balaban J connectivity index is 1.80. The van der Waals surface area contributed by atoms with Crippen LogP contribution in [0.3, 0.4) is 0 Å². The van der Waals surface area contributed by atoms with Gasteiger partial charge in [0.25, 0.3) is 5.91 Å². The van der Waals surface area contributed by atoms with Crippen molar-refractivity contribution in [3.63, 3.8) is 0 Å². The van der Waals surface area contributed by atoms with Gasteiger partial charge in [0.1, 0.15) is 18.1 Å². The number of nitrogens with one attached hydrogen (secondary N) is 1. The molecule has 0 unspecified atom stereocenters. The molecule has 0 radical (unpaired) electrons. The molecular weight excluding hydrogens is 434 g/mol. The zero-order chi connectivity index (χ0) is 20.6. The average molecular weight is 452 g/mol. The Kier molecular flexibility index (Phi) is 6.81. The molecule has 0 aromatic heterocycles. The van der Waals surface area contributed by atoms with Crippen LogP contribution >= 0.6 is 15.9 Å². The van der Waals surface area contributed by atoms with E-state index in [1.165, 1.54) is 6.08 Å². The highest BCUT2D eigenvalue weighted by Crippen LogP contribution is 2.22. The van der Waals surface area contributed by atoms with Gasteiger partial charge < -0.3 is 15.2 Å². The van der Waals surface area contributed by atoms with Crippen LogP contribution in [0.4, 0.5) is 0 Å². The third-order valence-corrected chi connectivity index (χ3v) is 4.57. The molecule has 0 aliphatic rings. The molecule has 3 aromatic rings. The van der Waals surface area contributed by atoms with Crippen molar-refractivity contribution in [1.82, 2.24) is 5.32 Å². The first-order chi connectivity index (χ1) is 14.0. The van der Waals surface area contributed by atoms with Crippen LogP contribution in [0.5, 0.6) is 5.75 Å². The number of para-hydroxylation sites is 1. The molecule has 3 rings (SSSR count). The lowest BCUT2D eigenvalue weighted by Crippen LogP contribution is -2.27. The smallest absolute Gasteiger partial charge is 0.352 e. The first-order valence-electron chi connectivity index (χ1n) is 8.80. The van der Waals surface area contributed by atoms with Crippen molar-refractivity contribution in [2.45, 2.75) is 6.61 Å². The van der Waals surface area contributed by atoms with E-state index in [4.69, 9.17) is 4.74 Å². The van der Waals surface area contributed by atoms with E-state index >= 15 is 0 Å². The SMILES string of the molecule is O=C(O)C(=Cc1ccccc1OCc1ccc(Br)cc1)NC(=O)c1ccccc1. The molecule has 0 atom stereocenters. The molecule has 0 bridgehead atoms. The van der Waals surface area contributed by atoms with E-state index in [9.17, 15) is 14.7 Å². The lowest BCUT2D eigenvalue weighted by Gasteiger charge is -2.11. The van der Waals surface area contributed by atoms with Crippen LogP contribution < -0.4 is 10.1 Å². The molecular formula is C23H18BrNO4. The highest BCUT2D eigenvalue weighted by molar-refractivity contribution is 9.10. The van der Waals surface area contributed by atoms with E-state index < -0.39 is 11.9 Å². The number of aliphatic carboxylic acids is 1. The highest BCUT2D eigenvalue weighted by Gasteiger charge is 2.14. The fourth-order valence-electron chi connectivity index (χ4n) is 2.56. The number of carbonyl (C=O) groups is 2. The second-order valence-electron chi connectivity index (χ2n) is 6.14. The number of amides is 1. The van der Waals surface area contributed by atoms with Crippen molar-refractivity contribution in [3.05, 3.63) is 106 Å². The summed E-state index contributed by atoms with van der Waals surface area (Å²) >= 11 is 3.39. The summed E-state index contributed by atoms with van der Waals surface area (Å²) in [5.41, 5.74) is 1.66. The zero-order valence-corrected chi connectivity index (χ0v) is 16.9. The molecule has 5 nitrogen and oxygen atoms in total. The van der Waals surface area contributed by atoms with Gasteiger partial charge >= 0.3 is 5.97 Å². The molecule has 1 amide bonds. The number of rotatable bonds is 7. The molecule has 2 N–H and O–H groups in total. The van der Waals surface area contributed by atoms with Gasteiger partial charge in [0.2, 0.25) is 0 Å². The second-order valence-corrected chi connectivity index (χ2v) is 7.05. The van der Waals surface area contributed by atoms with Gasteiger partial charge in [0.15, 0.2) is 0 Å². The number of hydrogen-bond donors (Lipinski definition) is 2. The van der Waals surface area contributed by atoms with Crippen LogP contribution in [0.2, 0.25) is 0 Å². The Bertz CT molecular complexity index is 1030. The van der Waals surface area contributed by atoms with E-state index in [1.54, 1.807) is 54.6 Å². The normalized spacial score (nSPS) is 11.0. The van der Waals surface area contributed by atoms with Gasteiger partial charge in [-0.25, -0.2) is 4.79 Å². The van der Waals surface area contributed by atoms with Crippen molar-refractivity contribution in [1.29, 1.82) is 0 Å². The molecule has 29 heavy (non-hydrogen) atoms. The summed E-state index contributed by atoms with van der Waals surface area (Å²) in [5.74, 6) is -1.22. The van der Waals surface area contributed by atoms with Crippen LogP contribution in [0.25, 0.3) is 6.08 Å². The van der Waals surface area contributed by atoms with Gasteiger partial charge in [0.05, 0.1) is 0 Å². The molecule has 0 aliphatic carbocycles. The Labute approximate surface area is 176 Å². The molecule has 6 heteroatoms. The summed E-state index contributed by atoms with van der Waals surface area (Å²) in [6.45, 7) is 0.330. The lowest BCUT2D eigenvalue weighted by molar-refractivity contribution is -0.132. The summed E-state index contributed by atoms with van der Waals surface area (Å²) in [5, 5.41) is 12.0.